The third-order valence-electron chi connectivity index (χ3n) is 1.36. The number of hydrogen-bond acceptors (Lipinski definition) is 4. The van der Waals surface area contributed by atoms with Crippen LogP contribution in [0, 0.1) is 13.8 Å². The zero-order valence-corrected chi connectivity index (χ0v) is 7.38. The van der Waals surface area contributed by atoms with Gasteiger partial charge in [-0.2, -0.15) is 4.99 Å². The van der Waals surface area contributed by atoms with Gasteiger partial charge >= 0.3 is 0 Å². The predicted molar refractivity (Wildman–Crippen MR) is 44.3 cm³/mol. The van der Waals surface area contributed by atoms with Gasteiger partial charge in [-0.3, -0.25) is 0 Å². The predicted octanol–water partition coefficient (Wildman–Crippen LogP) is 1.71. The maximum atomic E-state index is 9.98. The average molecular weight is 184 g/mol. The number of carbonyl (C=O) groups excluding carboxylic acids is 1. The van der Waals surface area contributed by atoms with Crippen molar-refractivity contribution in [1.82, 2.24) is 9.97 Å². The molecule has 0 aromatic carbocycles. The Kier molecular flexibility index (Phi) is 2.53. The van der Waals surface area contributed by atoms with Gasteiger partial charge in [-0.1, -0.05) is 0 Å². The summed E-state index contributed by atoms with van der Waals surface area (Å²) in [6.07, 6.45) is 1.44. The van der Waals surface area contributed by atoms with E-state index in [1.165, 1.54) is 6.08 Å². The van der Waals surface area contributed by atoms with Gasteiger partial charge in [-0.05, 0) is 25.4 Å². The Morgan fingerprint density at radius 3 is 2.25 bits per heavy atom. The molecule has 0 amide bonds. The summed E-state index contributed by atoms with van der Waals surface area (Å²) in [4.78, 5) is 21.1. The summed E-state index contributed by atoms with van der Waals surface area (Å²) in [6.45, 7) is 3.41. The Hall–Kier alpha value is -1.25. The van der Waals surface area contributed by atoms with Crippen molar-refractivity contribution in [3.63, 3.8) is 0 Å². The Morgan fingerprint density at radius 2 is 1.83 bits per heavy atom. The van der Waals surface area contributed by atoms with E-state index in [2.05, 4.69) is 15.0 Å². The normalized spacial score (nSPS) is 9.25. The van der Waals surface area contributed by atoms with E-state index < -0.39 is 0 Å². The van der Waals surface area contributed by atoms with Crippen molar-refractivity contribution in [3.05, 3.63) is 16.7 Å². The molecule has 0 aliphatic carbocycles. The fourth-order valence-corrected chi connectivity index (χ4v) is 1.13. The highest BCUT2D eigenvalue weighted by atomic mass is 35.5. The fraction of sp³-hybridized carbons (Fsp3) is 0.286. The number of rotatable bonds is 1. The Balaban J connectivity index is 3.37. The molecule has 1 rings (SSSR count). The van der Waals surface area contributed by atoms with E-state index in [9.17, 15) is 4.79 Å². The molecule has 12 heavy (non-hydrogen) atoms. The van der Waals surface area contributed by atoms with Gasteiger partial charge in [-0.15, -0.1) is 0 Å². The van der Waals surface area contributed by atoms with Crippen LogP contribution >= 0.6 is 11.6 Å². The minimum atomic E-state index is 0.162. The largest absolute Gasteiger partial charge is 0.240 e. The third kappa shape index (κ3) is 1.67. The molecule has 0 N–H and O–H groups in total. The van der Waals surface area contributed by atoms with Gasteiger partial charge < -0.3 is 0 Å². The summed E-state index contributed by atoms with van der Waals surface area (Å²) in [5.41, 5.74) is 1.60. The first-order valence-corrected chi connectivity index (χ1v) is 3.61. The van der Waals surface area contributed by atoms with Gasteiger partial charge in [0.25, 0.3) is 0 Å². The fourth-order valence-electron chi connectivity index (χ4n) is 0.877. The van der Waals surface area contributed by atoms with Gasteiger partial charge in [0, 0.05) is 0 Å². The van der Waals surface area contributed by atoms with Crippen LogP contribution in [0.2, 0.25) is 5.28 Å². The Morgan fingerprint density at radius 1 is 1.33 bits per heavy atom. The first-order chi connectivity index (χ1) is 5.65. The van der Waals surface area contributed by atoms with Crippen LogP contribution in [0.5, 0.6) is 0 Å². The number of aryl methyl sites for hydroxylation is 2. The quantitative estimate of drug-likeness (QED) is 0.378. The molecule has 0 aliphatic rings. The zero-order chi connectivity index (χ0) is 9.14. The number of isocyanates is 1. The van der Waals surface area contributed by atoms with Crippen LogP contribution in [0.4, 0.5) is 5.69 Å². The van der Waals surface area contributed by atoms with Crippen LogP contribution in [0.15, 0.2) is 4.99 Å². The molecule has 0 spiro atoms. The van der Waals surface area contributed by atoms with Crippen molar-refractivity contribution >= 4 is 23.4 Å². The molecule has 0 bridgehead atoms. The molecule has 0 saturated carbocycles. The molecule has 62 valence electrons. The van der Waals surface area contributed by atoms with Crippen LogP contribution < -0.4 is 0 Å². The summed E-state index contributed by atoms with van der Waals surface area (Å²) in [5, 5.41) is 0.162. The molecule has 1 aromatic rings. The molecule has 0 radical (unpaired) electrons. The highest BCUT2D eigenvalue weighted by Gasteiger charge is 2.05. The second kappa shape index (κ2) is 3.43. The second-order valence-electron chi connectivity index (χ2n) is 2.22. The lowest BCUT2D eigenvalue weighted by atomic mass is 10.3. The van der Waals surface area contributed by atoms with E-state index in [4.69, 9.17) is 11.6 Å². The van der Waals surface area contributed by atoms with Crippen molar-refractivity contribution in [2.24, 2.45) is 4.99 Å². The molecule has 1 heterocycles. The van der Waals surface area contributed by atoms with E-state index in [1.54, 1.807) is 13.8 Å². The molecule has 0 atom stereocenters. The topological polar surface area (TPSA) is 55.2 Å². The lowest BCUT2D eigenvalue weighted by molar-refractivity contribution is 0.565. The number of hydrogen-bond donors (Lipinski definition) is 0. The molecule has 0 fully saturated rings. The molecular weight excluding hydrogens is 178 g/mol. The van der Waals surface area contributed by atoms with Crippen molar-refractivity contribution in [2.75, 3.05) is 0 Å². The highest BCUT2D eigenvalue weighted by molar-refractivity contribution is 6.28. The summed E-state index contributed by atoms with van der Waals surface area (Å²) in [6, 6.07) is 0. The lowest BCUT2D eigenvalue weighted by Crippen LogP contribution is -1.91. The molecule has 4 nitrogen and oxygen atoms in total. The van der Waals surface area contributed by atoms with Crippen molar-refractivity contribution < 1.29 is 4.79 Å². The average Bonchev–Trinajstić information content (AvgIpc) is 1.96. The number of aromatic nitrogens is 2. The zero-order valence-electron chi connectivity index (χ0n) is 6.63. The first-order valence-electron chi connectivity index (χ1n) is 3.23. The van der Waals surface area contributed by atoms with Gasteiger partial charge in [-0.25, -0.2) is 14.8 Å². The third-order valence-corrected chi connectivity index (χ3v) is 1.53. The molecular formula is C7H6ClN3O. The summed E-state index contributed by atoms with van der Waals surface area (Å²) >= 11 is 5.56. The van der Waals surface area contributed by atoms with Crippen LogP contribution in [0.25, 0.3) is 0 Å². The van der Waals surface area contributed by atoms with Crippen molar-refractivity contribution in [2.45, 2.75) is 13.8 Å². The molecule has 1 aromatic heterocycles. The first kappa shape index (κ1) is 8.84. The molecule has 0 aliphatic heterocycles. The molecule has 5 heteroatoms. The second-order valence-corrected chi connectivity index (χ2v) is 2.55. The van der Waals surface area contributed by atoms with Crippen LogP contribution in [-0.2, 0) is 4.79 Å². The van der Waals surface area contributed by atoms with E-state index in [0.717, 1.165) is 0 Å². The van der Waals surface area contributed by atoms with Crippen LogP contribution in [0.3, 0.4) is 0 Å². The Bertz CT molecular complexity index is 335. The van der Waals surface area contributed by atoms with E-state index in [0.29, 0.717) is 17.1 Å². The van der Waals surface area contributed by atoms with Crippen molar-refractivity contribution in [1.29, 1.82) is 0 Å². The maximum Gasteiger partial charge on any atom is 0.240 e. The summed E-state index contributed by atoms with van der Waals surface area (Å²) in [7, 11) is 0. The minimum Gasteiger partial charge on any atom is -0.221 e. The standard InChI is InChI=1S/C7H6ClN3O/c1-4-6(9-3-12)5(2)11-7(8)10-4/h1-2H3. The number of halogens is 1. The number of aliphatic imine (C=N–C) groups is 1. The van der Waals surface area contributed by atoms with Gasteiger partial charge in [0.1, 0.15) is 5.69 Å². The van der Waals surface area contributed by atoms with Crippen molar-refractivity contribution in [3.8, 4) is 0 Å². The smallest absolute Gasteiger partial charge is 0.221 e. The SMILES string of the molecule is Cc1nc(Cl)nc(C)c1N=C=O. The highest BCUT2D eigenvalue weighted by Crippen LogP contribution is 2.20. The van der Waals surface area contributed by atoms with E-state index in [1.807, 2.05) is 0 Å². The van der Waals surface area contributed by atoms with Gasteiger partial charge in [0.05, 0.1) is 11.4 Å². The number of nitrogens with zero attached hydrogens (tertiary/aromatic N) is 3. The lowest BCUT2D eigenvalue weighted by Gasteiger charge is -2.00. The van der Waals surface area contributed by atoms with Crippen LogP contribution in [-0.4, -0.2) is 16.0 Å². The Labute approximate surface area is 74.3 Å². The van der Waals surface area contributed by atoms with Gasteiger partial charge in [0.15, 0.2) is 0 Å². The minimum absolute atomic E-state index is 0.162. The van der Waals surface area contributed by atoms with E-state index in [-0.39, 0.29) is 5.28 Å². The van der Waals surface area contributed by atoms with Gasteiger partial charge in [0.2, 0.25) is 11.4 Å². The monoisotopic (exact) mass is 183 g/mol. The maximum absolute atomic E-state index is 9.98. The molecule has 0 unspecified atom stereocenters. The van der Waals surface area contributed by atoms with Crippen LogP contribution in [0.1, 0.15) is 11.4 Å². The molecule has 0 saturated heterocycles. The van der Waals surface area contributed by atoms with E-state index >= 15 is 0 Å². The summed E-state index contributed by atoms with van der Waals surface area (Å²) in [5.74, 6) is 0. The summed E-state index contributed by atoms with van der Waals surface area (Å²) < 4.78 is 0.